The van der Waals surface area contributed by atoms with E-state index in [1.54, 1.807) is 0 Å². The monoisotopic (exact) mass is 298 g/mol. The third-order valence-electron chi connectivity index (χ3n) is 2.64. The van der Waals surface area contributed by atoms with Crippen LogP contribution in [0.25, 0.3) is 0 Å². The second kappa shape index (κ2) is 4.51. The molecule has 2 heterocycles. The highest BCUT2D eigenvalue weighted by Gasteiger charge is 2.61. The first-order valence-corrected chi connectivity index (χ1v) is 5.16. The van der Waals surface area contributed by atoms with Gasteiger partial charge in [0.05, 0.1) is 0 Å². The Kier molecular flexibility index (Phi) is 3.24. The van der Waals surface area contributed by atoms with Crippen molar-refractivity contribution in [2.45, 2.75) is 24.9 Å². The van der Waals surface area contributed by atoms with Crippen molar-refractivity contribution in [3.05, 3.63) is 18.0 Å². The number of alkyl halides is 5. The Bertz CT molecular complexity index is 555. The zero-order chi connectivity index (χ0) is 15.1. The van der Waals surface area contributed by atoms with Crippen LogP contribution in [0, 0.1) is 0 Å². The summed E-state index contributed by atoms with van der Waals surface area (Å²) in [5.74, 6) is -1.53. The van der Waals surface area contributed by atoms with Gasteiger partial charge in [-0.05, 0) is 6.07 Å². The van der Waals surface area contributed by atoms with E-state index < -0.39 is 36.5 Å². The molecule has 0 radical (unpaired) electrons. The quantitative estimate of drug-likeness (QED) is 0.838. The molecule has 0 unspecified atom stereocenters. The maximum absolute atomic E-state index is 12.8. The molecule has 0 saturated carbocycles. The topological polar surface area (TPSA) is 70.7 Å². The Labute approximate surface area is 108 Å². The van der Waals surface area contributed by atoms with Gasteiger partial charge in [-0.25, -0.2) is 0 Å². The van der Waals surface area contributed by atoms with E-state index in [1.165, 1.54) is 0 Å². The molecule has 1 aliphatic heterocycles. The predicted octanol–water partition coefficient (Wildman–Crippen LogP) is 1.36. The van der Waals surface area contributed by atoms with Crippen molar-refractivity contribution < 1.29 is 31.9 Å². The standard InChI is InChI=1S/C9H7F5N4O2/c10-7(11)17-5(1-3-15-17)6(19)18-8(20,2-4-16-18)9(12,13)14/h1,3-4,7,20H,2H2/t8-/m0/s1. The molecule has 6 nitrogen and oxygen atoms in total. The minimum absolute atomic E-state index is 0.0625. The molecular weight excluding hydrogens is 291 g/mol. The van der Waals surface area contributed by atoms with E-state index in [0.29, 0.717) is 6.21 Å². The van der Waals surface area contributed by atoms with Crippen LogP contribution in [-0.2, 0) is 0 Å². The van der Waals surface area contributed by atoms with E-state index in [9.17, 15) is 31.9 Å². The van der Waals surface area contributed by atoms with Gasteiger partial charge < -0.3 is 5.11 Å². The molecule has 0 fully saturated rings. The number of halogens is 5. The predicted molar refractivity (Wildman–Crippen MR) is 53.8 cm³/mol. The molecular formula is C9H7F5N4O2. The average Bonchev–Trinajstić information content (AvgIpc) is 2.93. The van der Waals surface area contributed by atoms with Crippen molar-refractivity contribution in [2.24, 2.45) is 5.10 Å². The summed E-state index contributed by atoms with van der Waals surface area (Å²) in [4.78, 5) is 11.9. The normalized spacial score (nSPS) is 22.9. The van der Waals surface area contributed by atoms with Crippen molar-refractivity contribution in [3.8, 4) is 0 Å². The zero-order valence-electron chi connectivity index (χ0n) is 9.55. The lowest BCUT2D eigenvalue weighted by atomic mass is 10.1. The van der Waals surface area contributed by atoms with E-state index in [-0.39, 0.29) is 9.69 Å². The fourth-order valence-electron chi connectivity index (χ4n) is 1.64. The van der Waals surface area contributed by atoms with E-state index in [1.807, 2.05) is 0 Å². The van der Waals surface area contributed by atoms with E-state index in [4.69, 9.17) is 0 Å². The van der Waals surface area contributed by atoms with Crippen LogP contribution < -0.4 is 0 Å². The number of aliphatic hydroxyl groups is 1. The number of rotatable bonds is 2. The lowest BCUT2D eigenvalue weighted by Gasteiger charge is -2.32. The summed E-state index contributed by atoms with van der Waals surface area (Å²) in [6.07, 6.45) is -4.67. The minimum atomic E-state index is -5.19. The minimum Gasteiger partial charge on any atom is -0.362 e. The molecule has 0 aliphatic carbocycles. The molecule has 1 aromatic rings. The Morgan fingerprint density at radius 3 is 2.65 bits per heavy atom. The van der Waals surface area contributed by atoms with Crippen molar-refractivity contribution in [2.75, 3.05) is 0 Å². The van der Waals surface area contributed by atoms with Gasteiger partial charge in [0.2, 0.25) is 0 Å². The summed E-state index contributed by atoms with van der Waals surface area (Å²) in [5, 5.41) is 15.5. The average molecular weight is 298 g/mol. The van der Waals surface area contributed by atoms with Crippen LogP contribution in [0.5, 0.6) is 0 Å². The summed E-state index contributed by atoms with van der Waals surface area (Å²) in [6.45, 7) is -3.21. The molecule has 1 aliphatic rings. The molecule has 0 saturated heterocycles. The van der Waals surface area contributed by atoms with Crippen LogP contribution in [-0.4, -0.2) is 43.9 Å². The highest BCUT2D eigenvalue weighted by molar-refractivity contribution is 5.94. The summed E-state index contributed by atoms with van der Waals surface area (Å²) in [5.41, 5.74) is -4.37. The van der Waals surface area contributed by atoms with Crippen LogP contribution in [0.1, 0.15) is 23.5 Å². The molecule has 0 spiro atoms. The number of hydrogen-bond donors (Lipinski definition) is 1. The highest BCUT2D eigenvalue weighted by atomic mass is 19.4. The van der Waals surface area contributed by atoms with Gasteiger partial charge in [-0.1, -0.05) is 0 Å². The first kappa shape index (κ1) is 14.4. The number of hydrazone groups is 1. The van der Waals surface area contributed by atoms with Crippen molar-refractivity contribution in [1.82, 2.24) is 14.8 Å². The van der Waals surface area contributed by atoms with Crippen LogP contribution in [0.3, 0.4) is 0 Å². The van der Waals surface area contributed by atoms with Gasteiger partial charge in [-0.15, -0.1) is 0 Å². The third kappa shape index (κ3) is 2.03. The van der Waals surface area contributed by atoms with Gasteiger partial charge in [0, 0.05) is 18.8 Å². The molecule has 0 aromatic carbocycles. The van der Waals surface area contributed by atoms with Gasteiger partial charge in [-0.3, -0.25) is 4.79 Å². The molecule has 1 atom stereocenters. The second-order valence-electron chi connectivity index (χ2n) is 3.87. The molecule has 2 rings (SSSR count). The van der Waals surface area contributed by atoms with Crippen molar-refractivity contribution in [3.63, 3.8) is 0 Å². The molecule has 110 valence electrons. The van der Waals surface area contributed by atoms with Crippen LogP contribution in [0.15, 0.2) is 17.4 Å². The van der Waals surface area contributed by atoms with Crippen LogP contribution >= 0.6 is 0 Å². The summed E-state index contributed by atoms with van der Waals surface area (Å²) in [6, 6.07) is 0.805. The highest BCUT2D eigenvalue weighted by Crippen LogP contribution is 2.39. The van der Waals surface area contributed by atoms with Gasteiger partial charge in [0.15, 0.2) is 0 Å². The summed E-state index contributed by atoms with van der Waals surface area (Å²) in [7, 11) is 0. The Hall–Kier alpha value is -2.04. The molecule has 11 heteroatoms. The van der Waals surface area contributed by atoms with Crippen molar-refractivity contribution >= 4 is 12.1 Å². The van der Waals surface area contributed by atoms with Crippen molar-refractivity contribution in [1.29, 1.82) is 0 Å². The lowest BCUT2D eigenvalue weighted by Crippen LogP contribution is -2.56. The Morgan fingerprint density at radius 1 is 1.45 bits per heavy atom. The number of amides is 1. The van der Waals surface area contributed by atoms with Gasteiger partial charge in [0.1, 0.15) is 5.69 Å². The largest absolute Gasteiger partial charge is 0.438 e. The zero-order valence-corrected chi connectivity index (χ0v) is 9.55. The number of nitrogens with zero attached hydrogens (tertiary/aromatic N) is 4. The molecule has 20 heavy (non-hydrogen) atoms. The fraction of sp³-hybridized carbons (Fsp3) is 0.444. The SMILES string of the molecule is O=C(c1ccnn1C(F)F)N1N=CC[C@]1(O)C(F)(F)F. The van der Waals surface area contributed by atoms with Crippen LogP contribution in [0.2, 0.25) is 0 Å². The van der Waals surface area contributed by atoms with E-state index in [2.05, 4.69) is 10.2 Å². The molecule has 1 N–H and O–H groups in total. The number of carbonyl (C=O) groups excluding carboxylic acids is 1. The maximum atomic E-state index is 12.8. The molecule has 0 bridgehead atoms. The third-order valence-corrected chi connectivity index (χ3v) is 2.64. The van der Waals surface area contributed by atoms with Crippen LogP contribution in [0.4, 0.5) is 22.0 Å². The first-order valence-electron chi connectivity index (χ1n) is 5.16. The van der Waals surface area contributed by atoms with E-state index >= 15 is 0 Å². The number of aromatic nitrogens is 2. The van der Waals surface area contributed by atoms with E-state index in [0.717, 1.165) is 12.3 Å². The van der Waals surface area contributed by atoms with Gasteiger partial charge in [0.25, 0.3) is 11.6 Å². The lowest BCUT2D eigenvalue weighted by molar-refractivity contribution is -0.297. The fourth-order valence-corrected chi connectivity index (χ4v) is 1.64. The Morgan fingerprint density at radius 2 is 2.10 bits per heavy atom. The molecule has 1 aromatic heterocycles. The van der Waals surface area contributed by atoms with Gasteiger partial charge >= 0.3 is 12.7 Å². The number of hydrogen-bond acceptors (Lipinski definition) is 4. The smallest absolute Gasteiger partial charge is 0.362 e. The maximum Gasteiger partial charge on any atom is 0.438 e. The molecule has 1 amide bonds. The van der Waals surface area contributed by atoms with Gasteiger partial charge in [-0.2, -0.15) is 41.8 Å². The second-order valence-corrected chi connectivity index (χ2v) is 3.87. The summed E-state index contributed by atoms with van der Waals surface area (Å²) >= 11 is 0. The first-order chi connectivity index (χ1) is 9.18. The number of carbonyl (C=O) groups is 1. The summed E-state index contributed by atoms with van der Waals surface area (Å²) < 4.78 is 63.3. The Balaban J connectivity index is 2.38.